The predicted octanol–water partition coefficient (Wildman–Crippen LogP) is 10.8. The van der Waals surface area contributed by atoms with E-state index in [1.54, 1.807) is 18.2 Å². The molecule has 13 rings (SSSR count). The van der Waals surface area contributed by atoms with Crippen LogP contribution in [0.25, 0.3) is 0 Å². The molecule has 568 valence electrons. The zero-order chi connectivity index (χ0) is 75.7. The Hall–Kier alpha value is -10.6. The van der Waals surface area contributed by atoms with Crippen LogP contribution in [0.3, 0.4) is 0 Å². The van der Waals surface area contributed by atoms with E-state index in [1.807, 2.05) is 95.9 Å². The van der Waals surface area contributed by atoms with Gasteiger partial charge in [-0.1, -0.05) is 170 Å². The summed E-state index contributed by atoms with van der Waals surface area (Å²) < 4.78 is 22.0. The monoisotopic (exact) mass is 1510 g/mol. The summed E-state index contributed by atoms with van der Waals surface area (Å²) in [5.41, 5.74) is 15.1. The average Bonchev–Trinajstić information content (AvgIpc) is 1.26. The van der Waals surface area contributed by atoms with E-state index in [0.29, 0.717) is 37.3 Å². The molecule has 4 unspecified atom stereocenters. The van der Waals surface area contributed by atoms with Crippen molar-refractivity contribution in [1.29, 1.82) is 0 Å². The molecular weight excluding hydrogens is 1410 g/mol. The van der Waals surface area contributed by atoms with Crippen LogP contribution < -0.4 is 31.1 Å². The maximum Gasteiger partial charge on any atom is 0.307 e. The van der Waals surface area contributed by atoms with Gasteiger partial charge < -0.3 is 50.8 Å². The summed E-state index contributed by atoms with van der Waals surface area (Å²) in [6.45, 7) is 14.7. The summed E-state index contributed by atoms with van der Waals surface area (Å²) >= 11 is 0. The van der Waals surface area contributed by atoms with Crippen LogP contribution in [0.5, 0.6) is 0 Å². The number of para-hydroxylation sites is 7. The second-order valence-electron chi connectivity index (χ2n) is 26.0. The number of nitrogens with one attached hydrogen (secondary N) is 2. The van der Waals surface area contributed by atoms with E-state index in [9.17, 15) is 48.9 Å². The fraction of sp³-hybridized carbons (Fsp3) is 0.338. The quantitative estimate of drug-likeness (QED) is 0.0175. The summed E-state index contributed by atoms with van der Waals surface area (Å²) in [6, 6.07) is 69.1. The number of hydrogen-bond donors (Lipinski definition) is 5. The molecule has 6 N–H and O–H groups in total. The first kappa shape index (κ1) is 83.6. The Labute approximate surface area is 634 Å². The van der Waals surface area contributed by atoms with E-state index in [2.05, 4.69) is 119 Å². The molecule has 25 nitrogen and oxygen atoms in total. The fourth-order valence-electron chi connectivity index (χ4n) is 13.4. The van der Waals surface area contributed by atoms with Gasteiger partial charge in [0.2, 0.25) is 11.7 Å². The number of nitrogens with two attached hydrogens (primary N) is 1. The first-order chi connectivity index (χ1) is 51.2. The molecule has 5 aliphatic heterocycles. The second-order valence-corrected chi connectivity index (χ2v) is 26.0. The molecule has 4 fully saturated rings. The Balaban J connectivity index is 0.000000188. The zero-order valence-electron chi connectivity index (χ0n) is 60.5. The predicted molar refractivity (Wildman–Crippen MR) is 408 cm³/mol. The molecule has 1 amide bonds. The third-order valence-corrected chi connectivity index (χ3v) is 18.3. The minimum absolute atomic E-state index is 0. The molecule has 4 atom stereocenters. The van der Waals surface area contributed by atoms with E-state index in [4.69, 9.17) is 25.1 Å². The van der Waals surface area contributed by atoms with E-state index >= 15 is 0 Å². The number of carboxylic acids is 2. The topological polar surface area (TPSA) is 303 Å². The third kappa shape index (κ3) is 27.3. The van der Waals surface area contributed by atoms with Crippen LogP contribution in [0.15, 0.2) is 218 Å². The molecule has 0 bridgehead atoms. The van der Waals surface area contributed by atoms with Crippen LogP contribution >= 0.6 is 0 Å². The molecule has 8 aromatic carbocycles. The van der Waals surface area contributed by atoms with Gasteiger partial charge in [0.1, 0.15) is 5.69 Å². The number of methoxy groups -OCH3 is 2. The van der Waals surface area contributed by atoms with Crippen molar-refractivity contribution >= 4 is 69.6 Å². The maximum absolute atomic E-state index is 12.4. The maximum atomic E-state index is 12.4. The van der Waals surface area contributed by atoms with E-state index in [1.165, 1.54) is 54.7 Å². The van der Waals surface area contributed by atoms with Crippen molar-refractivity contribution in [3.63, 3.8) is 0 Å². The van der Waals surface area contributed by atoms with Crippen LogP contribution in [-0.4, -0.2) is 186 Å². The standard InChI is InChI=1S/C20H23N3O4.C19H23N3O2.C19H21N3O.C14H20N2O2.C6H4FNO2.C2H4O2.Fe/c1-27-20(24)13-17-15-21(14-16-7-3-2-4-8-16)11-12-22(17)18-9-5-6-10-19(18)23(25)26;20-17-8-4-5-9-18(17)22-11-10-21(14-16(22)12-19(23)24)13-15-6-2-1-3-7-15;23-19-12-16-14-21(13-15-6-2-1-3-7-15)10-11-22(16)18-9-5-4-8-17(18)20-19;1-18-14(17)9-13-11-16(8-7-15-13)10-12-5-3-2-4-6-12;7-5-3-1-2-4-6(5)8(9)10;1-2(3)4;/h2-10,17H,11-15H2,1H3;1-9,16H,10-14,20H2,(H,23,24);1-9,16H,10-14H2,(H,20,23);2-6,13,15H,7-11H2,1H3;1-4H;1H3,(H,3,4);. The summed E-state index contributed by atoms with van der Waals surface area (Å²) in [5, 5.41) is 44.5. The van der Waals surface area contributed by atoms with Gasteiger partial charge in [0, 0.05) is 153 Å². The minimum Gasteiger partial charge on any atom is -0.481 e. The van der Waals surface area contributed by atoms with Crippen molar-refractivity contribution in [3.8, 4) is 0 Å². The fourth-order valence-corrected chi connectivity index (χ4v) is 13.4. The van der Waals surface area contributed by atoms with Crippen molar-refractivity contribution in [3.05, 3.63) is 267 Å². The Bertz CT molecular complexity index is 4100. The van der Waals surface area contributed by atoms with Crippen LogP contribution in [0, 0.1) is 26.0 Å². The number of carboxylic acid groups (broad SMARTS) is 2. The van der Waals surface area contributed by atoms with E-state index in [-0.39, 0.29) is 82.5 Å². The first-order valence-corrected chi connectivity index (χ1v) is 35.2. The molecule has 0 radical (unpaired) electrons. The van der Waals surface area contributed by atoms with Crippen molar-refractivity contribution in [2.75, 3.05) is 119 Å². The Morgan fingerprint density at radius 2 is 0.888 bits per heavy atom. The smallest absolute Gasteiger partial charge is 0.307 e. The number of piperazine rings is 4. The van der Waals surface area contributed by atoms with Gasteiger partial charge in [-0.2, -0.15) is 4.39 Å². The minimum atomic E-state index is -0.833. The van der Waals surface area contributed by atoms with E-state index in [0.717, 1.165) is 128 Å². The summed E-state index contributed by atoms with van der Waals surface area (Å²) in [4.78, 5) is 92.0. The van der Waals surface area contributed by atoms with E-state index < -0.39 is 28.4 Å². The number of esters is 2. The van der Waals surface area contributed by atoms with Crippen LogP contribution in [0.1, 0.15) is 54.9 Å². The third-order valence-electron chi connectivity index (χ3n) is 18.3. The van der Waals surface area contributed by atoms with Crippen LogP contribution in [0.2, 0.25) is 0 Å². The van der Waals surface area contributed by atoms with Gasteiger partial charge in [0.15, 0.2) is 0 Å². The average molecular weight is 1510 g/mol. The molecule has 0 aromatic heterocycles. The zero-order valence-corrected chi connectivity index (χ0v) is 61.6. The molecule has 5 aliphatic rings. The van der Waals surface area contributed by atoms with Gasteiger partial charge in [0.25, 0.3) is 11.7 Å². The Morgan fingerprint density at radius 1 is 0.495 bits per heavy atom. The van der Waals surface area contributed by atoms with Gasteiger partial charge in [-0.25, -0.2) is 0 Å². The van der Waals surface area contributed by atoms with Crippen molar-refractivity contribution in [2.24, 2.45) is 0 Å². The number of anilines is 5. The second kappa shape index (κ2) is 43.7. The van der Waals surface area contributed by atoms with Gasteiger partial charge >= 0.3 is 23.6 Å². The van der Waals surface area contributed by atoms with Crippen molar-refractivity contribution in [1.82, 2.24) is 24.9 Å². The number of nitro groups is 2. The Morgan fingerprint density at radius 3 is 1.36 bits per heavy atom. The SMILES string of the molecule is CC(=O)O.COC(=O)CC1CN(Cc2ccccc2)CCN1.COC(=O)CC1CN(Cc2ccccc2)CCN1c1ccccc1[N+](=O)[O-].Nc1ccccc1N1CCN(Cc2ccccc2)CC1CC(=O)O.O=C1CC2CN(Cc3ccccc3)CCN2c2ccccc2N1.O=[N+]([O-])c1ccccc1F.[Fe]. The number of hydrogen-bond acceptors (Lipinski definition) is 20. The normalized spacial score (nSPS) is 17.7. The number of nitrogens with zero attached hydrogens (tertiary/aromatic N) is 9. The van der Waals surface area contributed by atoms with Crippen LogP contribution in [0.4, 0.5) is 44.2 Å². The summed E-state index contributed by atoms with van der Waals surface area (Å²) in [7, 11) is 2.80. The number of rotatable bonds is 18. The molecular formula is C80H95FFeN12O13. The molecule has 0 saturated carbocycles. The van der Waals surface area contributed by atoms with Crippen molar-refractivity contribution < 1.29 is 75.0 Å². The molecule has 5 heterocycles. The number of carbonyl (C=O) groups excluding carboxylic acids is 3. The van der Waals surface area contributed by atoms with Gasteiger partial charge in [-0.3, -0.25) is 63.8 Å². The first-order valence-electron chi connectivity index (χ1n) is 35.2. The number of halogens is 1. The van der Waals surface area contributed by atoms with Gasteiger partial charge in [0.05, 0.1) is 84.2 Å². The molecule has 4 saturated heterocycles. The molecule has 0 aliphatic carbocycles. The van der Waals surface area contributed by atoms with Crippen molar-refractivity contribution in [2.45, 2.75) is 83.0 Å². The number of fused-ring (bicyclic) bond motifs is 3. The molecule has 8 aromatic rings. The van der Waals surface area contributed by atoms with Gasteiger partial charge in [-0.15, -0.1) is 0 Å². The number of amides is 1. The molecule has 107 heavy (non-hydrogen) atoms. The number of ether oxygens (including phenoxy) is 2. The number of benzene rings is 8. The number of nitro benzene ring substituents is 2. The number of carbonyl (C=O) groups is 5. The number of aliphatic carboxylic acids is 2. The molecule has 0 spiro atoms. The Kier molecular flexibility index (Phi) is 34.2. The molecule has 27 heteroatoms. The largest absolute Gasteiger partial charge is 0.481 e. The summed E-state index contributed by atoms with van der Waals surface area (Å²) in [5.74, 6) is -2.75. The van der Waals surface area contributed by atoms with Gasteiger partial charge in [-0.05, 0) is 58.7 Å². The number of nitrogen functional groups attached to an aromatic ring is 1. The summed E-state index contributed by atoms with van der Waals surface area (Å²) in [6.07, 6.45) is 1.30. The van der Waals surface area contributed by atoms with Crippen LogP contribution in [-0.2, 0) is 76.7 Å².